The van der Waals surface area contributed by atoms with Gasteiger partial charge in [0.2, 0.25) is 0 Å². The Morgan fingerprint density at radius 1 is 1.44 bits per heavy atom. The molecule has 1 heterocycles. The lowest BCUT2D eigenvalue weighted by atomic mass is 10.1. The van der Waals surface area contributed by atoms with Crippen LogP contribution in [0.15, 0.2) is 29.4 Å². The quantitative estimate of drug-likeness (QED) is 0.351. The predicted octanol–water partition coefficient (Wildman–Crippen LogP) is 1.53. The number of fused-ring (bicyclic) bond motifs is 1. The van der Waals surface area contributed by atoms with Crippen molar-refractivity contribution in [2.24, 2.45) is 10.9 Å². The molecule has 1 aromatic carbocycles. The Balaban J connectivity index is 2.01. The molecular weight excluding hydrogens is 202 g/mol. The Kier molecular flexibility index (Phi) is 3.10. The molecule has 1 aromatic rings. The normalized spacial score (nSPS) is 18.4. The number of hydrogen-bond acceptors (Lipinski definition) is 3. The first-order chi connectivity index (χ1) is 7.70. The van der Waals surface area contributed by atoms with E-state index in [-0.39, 0.29) is 0 Å². The first-order valence-electron chi connectivity index (χ1n) is 5.48. The van der Waals surface area contributed by atoms with Gasteiger partial charge in [-0.25, -0.2) is 0 Å². The van der Waals surface area contributed by atoms with Crippen molar-refractivity contribution in [1.82, 2.24) is 4.90 Å². The number of nitrogens with zero attached hydrogens (tertiary/aromatic N) is 2. The third kappa shape index (κ3) is 2.17. The van der Waals surface area contributed by atoms with E-state index in [9.17, 15) is 0 Å². The minimum atomic E-state index is 0.295. The van der Waals surface area contributed by atoms with Crippen molar-refractivity contribution in [3.05, 3.63) is 35.4 Å². The molecule has 1 aliphatic heterocycles. The molecule has 3 N–H and O–H groups in total. The second-order valence-electron chi connectivity index (χ2n) is 4.32. The smallest absolute Gasteiger partial charge is 0.140 e. The molecule has 4 nitrogen and oxygen atoms in total. The van der Waals surface area contributed by atoms with E-state index in [1.54, 1.807) is 0 Å². The first kappa shape index (κ1) is 11.0. The Morgan fingerprint density at radius 2 is 2.00 bits per heavy atom. The lowest BCUT2D eigenvalue weighted by molar-refractivity contribution is 0.215. The zero-order valence-electron chi connectivity index (χ0n) is 9.43. The fraction of sp³-hybridized carbons (Fsp3) is 0.417. The van der Waals surface area contributed by atoms with Gasteiger partial charge in [-0.1, -0.05) is 29.4 Å². The van der Waals surface area contributed by atoms with E-state index in [0.29, 0.717) is 18.3 Å². The molecule has 86 valence electrons. The van der Waals surface area contributed by atoms with E-state index in [1.165, 1.54) is 11.1 Å². The Hall–Kier alpha value is -1.55. The maximum absolute atomic E-state index is 8.54. The number of hydrogen-bond donors (Lipinski definition) is 2. The molecule has 1 unspecified atom stereocenters. The van der Waals surface area contributed by atoms with Crippen molar-refractivity contribution in [2.45, 2.75) is 32.5 Å². The van der Waals surface area contributed by atoms with Crippen molar-refractivity contribution in [2.75, 3.05) is 0 Å². The summed E-state index contributed by atoms with van der Waals surface area (Å²) in [5.74, 6) is 0.295. The summed E-state index contributed by atoms with van der Waals surface area (Å²) < 4.78 is 0. The molecule has 0 saturated heterocycles. The molecule has 0 aromatic heterocycles. The molecule has 0 fully saturated rings. The zero-order chi connectivity index (χ0) is 11.5. The SMILES string of the molecule is CC(CC(N)=NO)N1Cc2ccccc2C1. The minimum Gasteiger partial charge on any atom is -0.409 e. The van der Waals surface area contributed by atoms with Crippen molar-refractivity contribution in [3.8, 4) is 0 Å². The molecule has 16 heavy (non-hydrogen) atoms. The summed E-state index contributed by atoms with van der Waals surface area (Å²) in [6.07, 6.45) is 0.602. The van der Waals surface area contributed by atoms with Crippen LogP contribution < -0.4 is 5.73 Å². The number of nitrogens with two attached hydrogens (primary N) is 1. The molecule has 4 heteroatoms. The topological polar surface area (TPSA) is 61.9 Å². The van der Waals surface area contributed by atoms with Crippen molar-refractivity contribution in [3.63, 3.8) is 0 Å². The van der Waals surface area contributed by atoms with Crippen LogP contribution in [0.3, 0.4) is 0 Å². The second kappa shape index (κ2) is 4.53. The van der Waals surface area contributed by atoms with Crippen LogP contribution in [0.5, 0.6) is 0 Å². The van der Waals surface area contributed by atoms with Crippen molar-refractivity contribution < 1.29 is 5.21 Å². The molecule has 1 aliphatic rings. The lowest BCUT2D eigenvalue weighted by Gasteiger charge is -2.22. The predicted molar refractivity (Wildman–Crippen MR) is 63.2 cm³/mol. The number of amidine groups is 1. The fourth-order valence-corrected chi connectivity index (χ4v) is 2.14. The first-order valence-corrected chi connectivity index (χ1v) is 5.48. The Morgan fingerprint density at radius 3 is 2.50 bits per heavy atom. The maximum atomic E-state index is 8.54. The lowest BCUT2D eigenvalue weighted by Crippen LogP contribution is -2.32. The highest BCUT2D eigenvalue weighted by Crippen LogP contribution is 2.24. The average molecular weight is 219 g/mol. The van der Waals surface area contributed by atoms with Gasteiger partial charge in [0.25, 0.3) is 0 Å². The minimum absolute atomic E-state index is 0.295. The summed E-state index contributed by atoms with van der Waals surface area (Å²) in [6.45, 7) is 4.01. The van der Waals surface area contributed by atoms with E-state index in [4.69, 9.17) is 10.9 Å². The molecule has 0 saturated carbocycles. The summed E-state index contributed by atoms with van der Waals surface area (Å²) in [5.41, 5.74) is 8.29. The average Bonchev–Trinajstić information content (AvgIpc) is 2.72. The summed E-state index contributed by atoms with van der Waals surface area (Å²) in [5, 5.41) is 11.6. The van der Waals surface area contributed by atoms with Crippen LogP contribution in [0, 0.1) is 0 Å². The molecular formula is C12H17N3O. The molecule has 2 rings (SSSR count). The van der Waals surface area contributed by atoms with Crippen LogP contribution in [0.4, 0.5) is 0 Å². The highest BCUT2D eigenvalue weighted by Gasteiger charge is 2.23. The van der Waals surface area contributed by atoms with Gasteiger partial charge in [0.05, 0.1) is 0 Å². The molecule has 0 amide bonds. The molecule has 1 atom stereocenters. The van der Waals surface area contributed by atoms with Crippen LogP contribution in [-0.4, -0.2) is 22.0 Å². The number of benzene rings is 1. The Bertz CT molecular complexity index is 378. The summed E-state index contributed by atoms with van der Waals surface area (Å²) in [6, 6.07) is 8.74. The van der Waals surface area contributed by atoms with Crippen molar-refractivity contribution in [1.29, 1.82) is 0 Å². The molecule has 0 bridgehead atoms. The van der Waals surface area contributed by atoms with E-state index < -0.39 is 0 Å². The van der Waals surface area contributed by atoms with Crippen LogP contribution in [0.2, 0.25) is 0 Å². The van der Waals surface area contributed by atoms with Gasteiger partial charge in [-0.3, -0.25) is 4.90 Å². The Labute approximate surface area is 95.4 Å². The number of oxime groups is 1. The van der Waals surface area contributed by atoms with Gasteiger partial charge >= 0.3 is 0 Å². The van der Waals surface area contributed by atoms with Crippen LogP contribution in [-0.2, 0) is 13.1 Å². The fourth-order valence-electron chi connectivity index (χ4n) is 2.14. The third-order valence-corrected chi connectivity index (χ3v) is 3.12. The van der Waals surface area contributed by atoms with E-state index in [2.05, 4.69) is 41.2 Å². The van der Waals surface area contributed by atoms with E-state index in [0.717, 1.165) is 13.1 Å². The van der Waals surface area contributed by atoms with Gasteiger partial charge in [0.1, 0.15) is 5.84 Å². The highest BCUT2D eigenvalue weighted by atomic mass is 16.4. The standard InChI is InChI=1S/C12H17N3O/c1-9(6-12(13)14-16)15-7-10-4-2-3-5-11(10)8-15/h2-5,9,16H,6-8H2,1H3,(H2,13,14). The molecule has 0 spiro atoms. The third-order valence-electron chi connectivity index (χ3n) is 3.12. The molecule has 0 aliphatic carbocycles. The summed E-state index contributed by atoms with van der Waals surface area (Å²) in [4.78, 5) is 2.34. The summed E-state index contributed by atoms with van der Waals surface area (Å²) >= 11 is 0. The van der Waals surface area contributed by atoms with Gasteiger partial charge < -0.3 is 10.9 Å². The highest BCUT2D eigenvalue weighted by molar-refractivity contribution is 5.80. The van der Waals surface area contributed by atoms with E-state index in [1.807, 2.05) is 0 Å². The summed E-state index contributed by atoms with van der Waals surface area (Å²) in [7, 11) is 0. The second-order valence-corrected chi connectivity index (χ2v) is 4.32. The van der Waals surface area contributed by atoms with Gasteiger partial charge in [-0.2, -0.15) is 0 Å². The van der Waals surface area contributed by atoms with Gasteiger partial charge in [-0.15, -0.1) is 0 Å². The zero-order valence-corrected chi connectivity index (χ0v) is 9.43. The number of rotatable bonds is 3. The van der Waals surface area contributed by atoms with E-state index >= 15 is 0 Å². The molecule has 0 radical (unpaired) electrons. The monoisotopic (exact) mass is 219 g/mol. The maximum Gasteiger partial charge on any atom is 0.140 e. The largest absolute Gasteiger partial charge is 0.409 e. The van der Waals surface area contributed by atoms with Crippen molar-refractivity contribution >= 4 is 5.84 Å². The van der Waals surface area contributed by atoms with Crippen LogP contribution in [0.1, 0.15) is 24.5 Å². The van der Waals surface area contributed by atoms with Gasteiger partial charge in [0.15, 0.2) is 0 Å². The van der Waals surface area contributed by atoms with Gasteiger partial charge in [0, 0.05) is 25.6 Å². The van der Waals surface area contributed by atoms with Crippen LogP contribution in [0.25, 0.3) is 0 Å². The van der Waals surface area contributed by atoms with Crippen LogP contribution >= 0.6 is 0 Å². The van der Waals surface area contributed by atoms with Gasteiger partial charge in [-0.05, 0) is 18.1 Å².